The van der Waals surface area contributed by atoms with Crippen LogP contribution in [-0.2, 0) is 4.74 Å². The van der Waals surface area contributed by atoms with E-state index >= 15 is 0 Å². The van der Waals surface area contributed by atoms with Gasteiger partial charge in [-0.3, -0.25) is 4.79 Å². The highest BCUT2D eigenvalue weighted by molar-refractivity contribution is 6.10. The molecule has 0 saturated carbocycles. The number of methoxy groups -OCH3 is 2. The fourth-order valence-corrected chi connectivity index (χ4v) is 2.21. The van der Waals surface area contributed by atoms with Crippen LogP contribution in [0.25, 0.3) is 10.9 Å². The number of aromatic amines is 1. The van der Waals surface area contributed by atoms with Crippen molar-refractivity contribution in [1.82, 2.24) is 10.3 Å². The molecule has 0 atom stereocenters. The minimum Gasteiger partial charge on any atom is -0.495 e. The summed E-state index contributed by atoms with van der Waals surface area (Å²) in [5.74, 6) is 0.658. The van der Waals surface area contributed by atoms with Crippen LogP contribution in [0.5, 0.6) is 11.6 Å². The molecule has 130 valence electrons. The zero-order chi connectivity index (χ0) is 17.9. The van der Waals surface area contributed by atoms with Crippen molar-refractivity contribution in [2.75, 3.05) is 20.8 Å². The van der Waals surface area contributed by atoms with Gasteiger partial charge >= 0.3 is 6.16 Å². The predicted molar refractivity (Wildman–Crippen MR) is 90.0 cm³/mol. The Labute approximate surface area is 140 Å². The molecular weight excluding hydrogens is 312 g/mol. The Hall–Kier alpha value is -2.54. The van der Waals surface area contributed by atoms with Gasteiger partial charge in [-0.2, -0.15) is 0 Å². The molecule has 7 heteroatoms. The average Bonchev–Trinajstić information content (AvgIpc) is 2.94. The third-order valence-corrected chi connectivity index (χ3v) is 3.39. The first-order valence-electron chi connectivity index (χ1n) is 7.49. The largest absolute Gasteiger partial charge is 0.514 e. The van der Waals surface area contributed by atoms with Crippen LogP contribution < -0.4 is 14.8 Å². The summed E-state index contributed by atoms with van der Waals surface area (Å²) in [5, 5.41) is 3.78. The molecule has 0 aliphatic carbocycles. The summed E-state index contributed by atoms with van der Waals surface area (Å²) in [5.41, 5.74) is 0.926. The topological polar surface area (TPSA) is 89.7 Å². The number of H-pyrrole nitrogens is 1. The zero-order valence-electron chi connectivity index (χ0n) is 14.5. The van der Waals surface area contributed by atoms with Crippen molar-refractivity contribution in [3.63, 3.8) is 0 Å². The molecule has 24 heavy (non-hydrogen) atoms. The van der Waals surface area contributed by atoms with Gasteiger partial charge in [0.1, 0.15) is 5.75 Å². The Morgan fingerprint density at radius 2 is 1.92 bits per heavy atom. The first kappa shape index (κ1) is 17.8. The third kappa shape index (κ3) is 4.05. The van der Waals surface area contributed by atoms with E-state index in [-0.39, 0.29) is 23.7 Å². The smallest absolute Gasteiger partial charge is 0.495 e. The molecule has 2 N–H and O–H groups in total. The van der Waals surface area contributed by atoms with E-state index in [1.165, 1.54) is 14.2 Å². The number of fused-ring (bicyclic) bond motifs is 1. The molecule has 7 nitrogen and oxygen atoms in total. The minimum absolute atomic E-state index is 0.0683. The maximum Gasteiger partial charge on any atom is 0.514 e. The normalized spacial score (nSPS) is 11.4. The highest BCUT2D eigenvalue weighted by Crippen LogP contribution is 2.31. The van der Waals surface area contributed by atoms with Gasteiger partial charge in [-0.1, -0.05) is 0 Å². The molecule has 0 fully saturated rings. The number of Topliss-reactive ketones (excluding diaryl/α,β-unsaturated/α-hetero) is 1. The molecule has 2 rings (SSSR count). The second-order valence-corrected chi connectivity index (χ2v) is 6.32. The van der Waals surface area contributed by atoms with Gasteiger partial charge in [0.05, 0.1) is 26.3 Å². The third-order valence-electron chi connectivity index (χ3n) is 3.39. The van der Waals surface area contributed by atoms with Gasteiger partial charge < -0.3 is 24.5 Å². The van der Waals surface area contributed by atoms with Crippen LogP contribution >= 0.6 is 0 Å². The number of benzene rings is 1. The van der Waals surface area contributed by atoms with Crippen LogP contribution in [0.2, 0.25) is 0 Å². The van der Waals surface area contributed by atoms with Crippen LogP contribution in [0.1, 0.15) is 31.1 Å². The second-order valence-electron chi connectivity index (χ2n) is 6.32. The van der Waals surface area contributed by atoms with E-state index < -0.39 is 6.16 Å². The van der Waals surface area contributed by atoms with Crippen LogP contribution in [0.3, 0.4) is 0 Å². The van der Waals surface area contributed by atoms with Crippen LogP contribution in [0, 0.1) is 0 Å². The van der Waals surface area contributed by atoms with E-state index in [4.69, 9.17) is 9.47 Å². The maximum absolute atomic E-state index is 12.5. The SMILES string of the molecule is COC(=O)Oc1cc2c(C(=O)CNC(C)(C)C)ccc(OC)c2[nH]1. The quantitative estimate of drug-likeness (QED) is 0.645. The molecule has 0 aliphatic rings. The Balaban J connectivity index is 2.39. The molecule has 1 aromatic heterocycles. The molecule has 1 aromatic carbocycles. The Morgan fingerprint density at radius 1 is 1.21 bits per heavy atom. The van der Waals surface area contributed by atoms with Gasteiger partial charge in [0.25, 0.3) is 0 Å². The summed E-state index contributed by atoms with van der Waals surface area (Å²) in [4.78, 5) is 26.7. The summed E-state index contributed by atoms with van der Waals surface area (Å²) in [7, 11) is 2.75. The monoisotopic (exact) mass is 334 g/mol. The first-order chi connectivity index (χ1) is 11.2. The summed E-state index contributed by atoms with van der Waals surface area (Å²) in [6.45, 7) is 6.16. The number of nitrogens with one attached hydrogen (secondary N) is 2. The van der Waals surface area contributed by atoms with Crippen LogP contribution in [0.4, 0.5) is 4.79 Å². The maximum atomic E-state index is 12.5. The lowest BCUT2D eigenvalue weighted by atomic mass is 10.0. The molecule has 0 bridgehead atoms. The van der Waals surface area contributed by atoms with E-state index in [0.29, 0.717) is 22.2 Å². The fourth-order valence-electron chi connectivity index (χ4n) is 2.21. The number of hydrogen-bond donors (Lipinski definition) is 2. The molecular formula is C17H22N2O5. The van der Waals surface area contributed by atoms with Crippen molar-refractivity contribution >= 4 is 22.8 Å². The molecule has 2 aromatic rings. The standard InChI is InChI=1S/C17H22N2O5/c1-17(2,3)18-9-12(20)10-6-7-13(22-4)15-11(10)8-14(19-15)24-16(21)23-5/h6-8,18-19H,9H2,1-5H3. The molecule has 0 saturated heterocycles. The van der Waals surface area contributed by atoms with Crippen molar-refractivity contribution in [1.29, 1.82) is 0 Å². The van der Waals surface area contributed by atoms with Gasteiger partial charge in [0.2, 0.25) is 5.88 Å². The van der Waals surface area contributed by atoms with Gasteiger partial charge in [-0.15, -0.1) is 0 Å². The lowest BCUT2D eigenvalue weighted by molar-refractivity contribution is 0.0983. The molecule has 1 heterocycles. The summed E-state index contributed by atoms with van der Waals surface area (Å²) >= 11 is 0. The average molecular weight is 334 g/mol. The summed E-state index contributed by atoms with van der Waals surface area (Å²) in [6.07, 6.45) is -0.845. The first-order valence-corrected chi connectivity index (χ1v) is 7.49. The van der Waals surface area contributed by atoms with E-state index in [1.807, 2.05) is 20.8 Å². The molecule has 0 unspecified atom stereocenters. The minimum atomic E-state index is -0.845. The summed E-state index contributed by atoms with van der Waals surface area (Å²) in [6, 6.07) is 4.98. The molecule has 0 aliphatic heterocycles. The molecule has 0 spiro atoms. The van der Waals surface area contributed by atoms with E-state index in [0.717, 1.165) is 0 Å². The lowest BCUT2D eigenvalue weighted by Crippen LogP contribution is -2.39. The van der Waals surface area contributed by atoms with E-state index in [1.54, 1.807) is 18.2 Å². The Bertz CT molecular complexity index is 758. The second kappa shape index (κ2) is 6.92. The number of aromatic nitrogens is 1. The van der Waals surface area contributed by atoms with Crippen molar-refractivity contribution < 1.29 is 23.8 Å². The fraction of sp³-hybridized carbons (Fsp3) is 0.412. The summed E-state index contributed by atoms with van der Waals surface area (Å²) < 4.78 is 14.8. The van der Waals surface area contributed by atoms with Crippen molar-refractivity contribution in [2.45, 2.75) is 26.3 Å². The zero-order valence-corrected chi connectivity index (χ0v) is 14.5. The van der Waals surface area contributed by atoms with Crippen molar-refractivity contribution in [3.8, 4) is 11.6 Å². The number of hydrogen-bond acceptors (Lipinski definition) is 6. The number of ketones is 1. The van der Waals surface area contributed by atoms with Crippen molar-refractivity contribution in [3.05, 3.63) is 23.8 Å². The number of carbonyl (C=O) groups excluding carboxylic acids is 2. The van der Waals surface area contributed by atoms with Gasteiger partial charge in [-0.25, -0.2) is 4.79 Å². The van der Waals surface area contributed by atoms with E-state index in [9.17, 15) is 9.59 Å². The molecule has 0 amide bonds. The molecule has 0 radical (unpaired) electrons. The van der Waals surface area contributed by atoms with Crippen LogP contribution in [-0.4, -0.2) is 43.2 Å². The Kier molecular flexibility index (Phi) is 5.14. The van der Waals surface area contributed by atoms with Gasteiger partial charge in [-0.05, 0) is 32.9 Å². The highest BCUT2D eigenvalue weighted by Gasteiger charge is 2.19. The van der Waals surface area contributed by atoms with Crippen molar-refractivity contribution in [2.24, 2.45) is 0 Å². The van der Waals surface area contributed by atoms with Gasteiger partial charge in [0.15, 0.2) is 5.78 Å². The highest BCUT2D eigenvalue weighted by atomic mass is 16.7. The number of carbonyl (C=O) groups is 2. The lowest BCUT2D eigenvalue weighted by Gasteiger charge is -2.20. The Morgan fingerprint density at radius 3 is 2.50 bits per heavy atom. The van der Waals surface area contributed by atoms with Gasteiger partial charge in [0, 0.05) is 22.6 Å². The van der Waals surface area contributed by atoms with E-state index in [2.05, 4.69) is 15.0 Å². The predicted octanol–water partition coefficient (Wildman–Crippen LogP) is 2.89. The van der Waals surface area contributed by atoms with Crippen LogP contribution in [0.15, 0.2) is 18.2 Å². The number of rotatable bonds is 5. The number of ether oxygens (including phenoxy) is 3.